The monoisotopic (exact) mass is 233 g/mol. The molecule has 1 nitrogen and oxygen atoms in total. The Bertz CT molecular complexity index is 428. The average Bonchev–Trinajstić information content (AvgIpc) is 2.67. The summed E-state index contributed by atoms with van der Waals surface area (Å²) < 4.78 is 0. The fourth-order valence-electron chi connectivity index (χ4n) is 2.23. The molecule has 0 saturated carbocycles. The number of hydrogen-bond donors (Lipinski definition) is 1. The van der Waals surface area contributed by atoms with Crippen molar-refractivity contribution in [3.8, 4) is 11.8 Å². The largest absolute Gasteiger partial charge is 0.309 e. The molecule has 0 aromatic heterocycles. The van der Waals surface area contributed by atoms with E-state index >= 15 is 0 Å². The zero-order valence-electron chi connectivity index (χ0n) is 9.52. The summed E-state index contributed by atoms with van der Waals surface area (Å²) in [5.41, 5.74) is 2.81. The van der Waals surface area contributed by atoms with E-state index in [0.29, 0.717) is 6.04 Å². The third-order valence-electron chi connectivity index (χ3n) is 3.00. The molecule has 0 spiro atoms. The third kappa shape index (κ3) is 2.58. The molecule has 84 valence electrons. The Morgan fingerprint density at radius 2 is 2.38 bits per heavy atom. The van der Waals surface area contributed by atoms with Crippen LogP contribution in [0.2, 0.25) is 5.02 Å². The van der Waals surface area contributed by atoms with Crippen molar-refractivity contribution in [2.24, 2.45) is 0 Å². The maximum absolute atomic E-state index is 5.98. The summed E-state index contributed by atoms with van der Waals surface area (Å²) in [6.45, 7) is 2.85. The molecule has 1 aromatic rings. The van der Waals surface area contributed by atoms with Crippen LogP contribution in [-0.4, -0.2) is 6.54 Å². The van der Waals surface area contributed by atoms with Crippen molar-refractivity contribution in [2.45, 2.75) is 32.2 Å². The van der Waals surface area contributed by atoms with Gasteiger partial charge in [0.25, 0.3) is 0 Å². The fraction of sp³-hybridized carbons (Fsp3) is 0.429. The molecule has 0 bridgehead atoms. The van der Waals surface area contributed by atoms with E-state index in [9.17, 15) is 0 Å². The SMILES string of the molecule is CC#CCCNC1CCc2cc(Cl)ccc21. The molecule has 16 heavy (non-hydrogen) atoms. The second-order valence-electron chi connectivity index (χ2n) is 4.07. The summed E-state index contributed by atoms with van der Waals surface area (Å²) in [7, 11) is 0. The Hall–Kier alpha value is -0.970. The Balaban J connectivity index is 1.97. The molecule has 0 saturated heterocycles. The van der Waals surface area contributed by atoms with Crippen LogP contribution in [0.1, 0.15) is 36.9 Å². The molecule has 2 rings (SSSR count). The Morgan fingerprint density at radius 1 is 1.50 bits per heavy atom. The van der Waals surface area contributed by atoms with Gasteiger partial charge in [-0.15, -0.1) is 11.8 Å². The van der Waals surface area contributed by atoms with Gasteiger partial charge in [0.15, 0.2) is 0 Å². The van der Waals surface area contributed by atoms with Gasteiger partial charge in [-0.3, -0.25) is 0 Å². The van der Waals surface area contributed by atoms with Gasteiger partial charge >= 0.3 is 0 Å². The summed E-state index contributed by atoms with van der Waals surface area (Å²) in [5, 5.41) is 4.39. The number of benzene rings is 1. The second kappa shape index (κ2) is 5.39. The van der Waals surface area contributed by atoms with Gasteiger partial charge in [0, 0.05) is 24.0 Å². The first-order valence-electron chi connectivity index (χ1n) is 5.72. The molecular weight excluding hydrogens is 218 g/mol. The minimum Gasteiger partial charge on any atom is -0.309 e. The van der Waals surface area contributed by atoms with E-state index in [1.165, 1.54) is 17.5 Å². The van der Waals surface area contributed by atoms with E-state index in [0.717, 1.165) is 24.4 Å². The molecule has 2 heteroatoms. The quantitative estimate of drug-likeness (QED) is 0.624. The molecule has 1 aliphatic rings. The van der Waals surface area contributed by atoms with Crippen molar-refractivity contribution in [3.05, 3.63) is 34.3 Å². The van der Waals surface area contributed by atoms with Crippen molar-refractivity contribution in [1.82, 2.24) is 5.32 Å². The number of fused-ring (bicyclic) bond motifs is 1. The van der Waals surface area contributed by atoms with E-state index < -0.39 is 0 Å². The van der Waals surface area contributed by atoms with E-state index in [1.807, 2.05) is 13.0 Å². The smallest absolute Gasteiger partial charge is 0.0408 e. The highest BCUT2D eigenvalue weighted by molar-refractivity contribution is 6.30. The summed E-state index contributed by atoms with van der Waals surface area (Å²) in [6.07, 6.45) is 3.23. The zero-order valence-corrected chi connectivity index (χ0v) is 10.3. The van der Waals surface area contributed by atoms with Crippen LogP contribution in [0.4, 0.5) is 0 Å². The van der Waals surface area contributed by atoms with Crippen LogP contribution in [0.5, 0.6) is 0 Å². The first kappa shape index (κ1) is 11.5. The lowest BCUT2D eigenvalue weighted by molar-refractivity contribution is 0.539. The van der Waals surface area contributed by atoms with Crippen molar-refractivity contribution in [1.29, 1.82) is 0 Å². The third-order valence-corrected chi connectivity index (χ3v) is 3.24. The zero-order chi connectivity index (χ0) is 11.4. The van der Waals surface area contributed by atoms with Gasteiger partial charge in [0.2, 0.25) is 0 Å². The lowest BCUT2D eigenvalue weighted by Gasteiger charge is -2.12. The Labute approximate surface area is 102 Å². The highest BCUT2D eigenvalue weighted by Crippen LogP contribution is 2.32. The van der Waals surface area contributed by atoms with Gasteiger partial charge in [-0.05, 0) is 43.0 Å². The van der Waals surface area contributed by atoms with Crippen LogP contribution < -0.4 is 5.32 Å². The minimum absolute atomic E-state index is 0.492. The molecule has 1 unspecified atom stereocenters. The van der Waals surface area contributed by atoms with Crippen LogP contribution in [0.25, 0.3) is 0 Å². The number of aryl methyl sites for hydroxylation is 1. The van der Waals surface area contributed by atoms with Crippen molar-refractivity contribution in [3.63, 3.8) is 0 Å². The molecule has 0 heterocycles. The minimum atomic E-state index is 0.492. The normalized spacial score (nSPS) is 17.8. The Kier molecular flexibility index (Phi) is 3.88. The lowest BCUT2D eigenvalue weighted by atomic mass is 10.1. The van der Waals surface area contributed by atoms with Gasteiger partial charge in [0.1, 0.15) is 0 Å². The predicted molar refractivity (Wildman–Crippen MR) is 68.6 cm³/mol. The average molecular weight is 234 g/mol. The maximum Gasteiger partial charge on any atom is 0.0408 e. The van der Waals surface area contributed by atoms with Crippen LogP contribution in [0, 0.1) is 11.8 Å². The molecule has 0 amide bonds. The molecule has 1 atom stereocenters. The van der Waals surface area contributed by atoms with Crippen LogP contribution in [0.15, 0.2) is 18.2 Å². The van der Waals surface area contributed by atoms with Crippen molar-refractivity contribution in [2.75, 3.05) is 6.54 Å². The van der Waals surface area contributed by atoms with E-state index in [-0.39, 0.29) is 0 Å². The van der Waals surface area contributed by atoms with Gasteiger partial charge in [-0.25, -0.2) is 0 Å². The van der Waals surface area contributed by atoms with E-state index in [1.54, 1.807) is 0 Å². The molecule has 0 radical (unpaired) electrons. The van der Waals surface area contributed by atoms with Crippen LogP contribution >= 0.6 is 11.6 Å². The number of rotatable bonds is 3. The summed E-state index contributed by atoms with van der Waals surface area (Å²) in [4.78, 5) is 0. The van der Waals surface area contributed by atoms with E-state index in [2.05, 4.69) is 29.3 Å². The van der Waals surface area contributed by atoms with Crippen molar-refractivity contribution >= 4 is 11.6 Å². The lowest BCUT2D eigenvalue weighted by Crippen LogP contribution is -2.20. The highest BCUT2D eigenvalue weighted by atomic mass is 35.5. The van der Waals surface area contributed by atoms with E-state index in [4.69, 9.17) is 11.6 Å². The molecule has 0 fully saturated rings. The molecule has 1 aliphatic carbocycles. The highest BCUT2D eigenvalue weighted by Gasteiger charge is 2.21. The summed E-state index contributed by atoms with van der Waals surface area (Å²) in [6, 6.07) is 6.70. The maximum atomic E-state index is 5.98. The van der Waals surface area contributed by atoms with Crippen LogP contribution in [-0.2, 0) is 6.42 Å². The molecule has 1 N–H and O–H groups in total. The first-order valence-corrected chi connectivity index (χ1v) is 6.10. The summed E-state index contributed by atoms with van der Waals surface area (Å²) >= 11 is 5.98. The molecular formula is C14H16ClN. The van der Waals surface area contributed by atoms with Crippen LogP contribution in [0.3, 0.4) is 0 Å². The van der Waals surface area contributed by atoms with Gasteiger partial charge in [-0.2, -0.15) is 0 Å². The van der Waals surface area contributed by atoms with Gasteiger partial charge in [-0.1, -0.05) is 17.7 Å². The summed E-state index contributed by atoms with van der Waals surface area (Å²) in [5.74, 6) is 5.98. The Morgan fingerprint density at radius 3 is 3.19 bits per heavy atom. The number of halogens is 1. The number of nitrogens with one attached hydrogen (secondary N) is 1. The standard InChI is InChI=1S/C14H16ClN/c1-2-3-4-9-16-14-8-5-11-10-12(15)6-7-13(11)14/h6-7,10,14,16H,4-5,8-9H2,1H3. The predicted octanol–water partition coefficient (Wildman–Crippen LogP) is 3.33. The van der Waals surface area contributed by atoms with Gasteiger partial charge < -0.3 is 5.32 Å². The van der Waals surface area contributed by atoms with Gasteiger partial charge in [0.05, 0.1) is 0 Å². The van der Waals surface area contributed by atoms with Crippen molar-refractivity contribution < 1.29 is 0 Å². The molecule has 1 aromatic carbocycles. The fourth-order valence-corrected chi connectivity index (χ4v) is 2.43. The number of hydrogen-bond acceptors (Lipinski definition) is 1. The molecule has 0 aliphatic heterocycles. The first-order chi connectivity index (χ1) is 7.81. The topological polar surface area (TPSA) is 12.0 Å². The second-order valence-corrected chi connectivity index (χ2v) is 4.50.